The van der Waals surface area contributed by atoms with E-state index in [9.17, 15) is 27.6 Å². The van der Waals surface area contributed by atoms with E-state index in [-0.39, 0.29) is 6.61 Å². The van der Waals surface area contributed by atoms with Gasteiger partial charge in [-0.1, -0.05) is 42.5 Å². The van der Waals surface area contributed by atoms with Gasteiger partial charge >= 0.3 is 24.1 Å². The van der Waals surface area contributed by atoms with E-state index < -0.39 is 59.8 Å². The van der Waals surface area contributed by atoms with Gasteiger partial charge in [0.05, 0.1) is 0 Å². The molecule has 0 spiro atoms. The largest absolute Gasteiger partial charge is 0.465 e. The van der Waals surface area contributed by atoms with Crippen LogP contribution in [0.2, 0.25) is 0 Å². The topological polar surface area (TPSA) is 88.1 Å². The molecule has 1 aliphatic carbocycles. The van der Waals surface area contributed by atoms with Gasteiger partial charge in [-0.3, -0.25) is 9.59 Å². The third-order valence-corrected chi connectivity index (χ3v) is 4.81. The fourth-order valence-corrected chi connectivity index (χ4v) is 3.36. The van der Waals surface area contributed by atoms with E-state index in [4.69, 9.17) is 14.2 Å². The van der Waals surface area contributed by atoms with Crippen LogP contribution < -0.4 is 0 Å². The van der Waals surface area contributed by atoms with E-state index in [1.165, 1.54) is 32.0 Å². The number of ether oxygens (including phenoxy) is 4. The standard InChI is InChI=1S/C21H23F3O7/c1-13(25)29-11-15-9-10-16(18(15)31-14(2)26)12-30-19(27)20(28-3,21(22,23)24)17-7-5-4-6-8-17/h4-10,15-16,18H,11-12H2,1-3H3/t15-,16+,18-,20+/m0/s1. The van der Waals surface area contributed by atoms with Crippen molar-refractivity contribution >= 4 is 17.9 Å². The normalized spacial score (nSPS) is 22.5. The van der Waals surface area contributed by atoms with Gasteiger partial charge in [0.2, 0.25) is 0 Å². The van der Waals surface area contributed by atoms with Crippen molar-refractivity contribution in [2.45, 2.75) is 31.7 Å². The molecule has 0 radical (unpaired) electrons. The molecule has 0 saturated carbocycles. The van der Waals surface area contributed by atoms with Crippen LogP contribution in [-0.4, -0.2) is 50.5 Å². The maximum atomic E-state index is 13.9. The van der Waals surface area contributed by atoms with E-state index in [1.54, 1.807) is 12.2 Å². The number of methoxy groups -OCH3 is 1. The van der Waals surface area contributed by atoms with Gasteiger partial charge < -0.3 is 18.9 Å². The van der Waals surface area contributed by atoms with Crippen molar-refractivity contribution in [1.29, 1.82) is 0 Å². The number of carbonyl (C=O) groups is 3. The van der Waals surface area contributed by atoms with Crippen LogP contribution in [0.25, 0.3) is 0 Å². The molecule has 31 heavy (non-hydrogen) atoms. The van der Waals surface area contributed by atoms with Crippen molar-refractivity contribution in [3.63, 3.8) is 0 Å². The van der Waals surface area contributed by atoms with Crippen LogP contribution >= 0.6 is 0 Å². The summed E-state index contributed by atoms with van der Waals surface area (Å²) in [6, 6.07) is 6.42. The van der Waals surface area contributed by atoms with Crippen LogP contribution in [-0.2, 0) is 38.9 Å². The van der Waals surface area contributed by atoms with Crippen molar-refractivity contribution in [2.75, 3.05) is 20.3 Å². The van der Waals surface area contributed by atoms with E-state index in [1.807, 2.05) is 0 Å². The molecule has 0 fully saturated rings. The van der Waals surface area contributed by atoms with Gasteiger partial charge in [0.1, 0.15) is 19.3 Å². The lowest BCUT2D eigenvalue weighted by Gasteiger charge is -2.33. The van der Waals surface area contributed by atoms with E-state index in [0.717, 1.165) is 19.2 Å². The zero-order valence-corrected chi connectivity index (χ0v) is 17.2. The number of hydrogen-bond acceptors (Lipinski definition) is 7. The molecule has 1 aromatic carbocycles. The van der Waals surface area contributed by atoms with Crippen molar-refractivity contribution in [3.8, 4) is 0 Å². The molecule has 1 aromatic rings. The Morgan fingerprint density at radius 1 is 0.903 bits per heavy atom. The first-order chi connectivity index (χ1) is 14.5. The summed E-state index contributed by atoms with van der Waals surface area (Å²) < 4.78 is 61.7. The van der Waals surface area contributed by atoms with Crippen molar-refractivity contribution < 1.29 is 46.5 Å². The number of hydrogen-bond donors (Lipinski definition) is 0. The number of carbonyl (C=O) groups excluding carboxylic acids is 3. The maximum Gasteiger partial charge on any atom is 0.432 e. The predicted molar refractivity (Wildman–Crippen MR) is 100 cm³/mol. The van der Waals surface area contributed by atoms with E-state index >= 15 is 0 Å². The zero-order valence-electron chi connectivity index (χ0n) is 17.2. The second-order valence-corrected chi connectivity index (χ2v) is 6.94. The van der Waals surface area contributed by atoms with Crippen LogP contribution in [0.5, 0.6) is 0 Å². The monoisotopic (exact) mass is 444 g/mol. The highest BCUT2D eigenvalue weighted by molar-refractivity contribution is 5.82. The van der Waals surface area contributed by atoms with Crippen molar-refractivity contribution in [2.24, 2.45) is 11.8 Å². The van der Waals surface area contributed by atoms with Crippen LogP contribution in [0.4, 0.5) is 13.2 Å². The molecule has 0 unspecified atom stereocenters. The fraction of sp³-hybridized carbons (Fsp3) is 0.476. The molecule has 2 rings (SSSR count). The van der Waals surface area contributed by atoms with Gasteiger partial charge in [-0.25, -0.2) is 4.79 Å². The average Bonchev–Trinajstić information content (AvgIpc) is 3.06. The molecular formula is C21H23F3O7. The van der Waals surface area contributed by atoms with Gasteiger partial charge in [0, 0.05) is 38.4 Å². The smallest absolute Gasteiger partial charge is 0.432 e. The first-order valence-corrected chi connectivity index (χ1v) is 9.36. The molecule has 0 N–H and O–H groups in total. The van der Waals surface area contributed by atoms with Gasteiger partial charge in [-0.15, -0.1) is 0 Å². The van der Waals surface area contributed by atoms with Crippen LogP contribution in [0, 0.1) is 11.8 Å². The molecule has 4 atom stereocenters. The summed E-state index contributed by atoms with van der Waals surface area (Å²) in [4.78, 5) is 35.2. The number of esters is 3. The Kier molecular flexibility index (Phi) is 7.83. The Balaban J connectivity index is 2.20. The van der Waals surface area contributed by atoms with Gasteiger partial charge in [0.15, 0.2) is 0 Å². The first-order valence-electron chi connectivity index (χ1n) is 9.36. The summed E-state index contributed by atoms with van der Waals surface area (Å²) in [5.74, 6) is -4.08. The average molecular weight is 444 g/mol. The summed E-state index contributed by atoms with van der Waals surface area (Å²) >= 11 is 0. The minimum atomic E-state index is -5.10. The minimum absolute atomic E-state index is 0.0944. The number of halogens is 3. The highest BCUT2D eigenvalue weighted by Crippen LogP contribution is 2.43. The summed E-state index contributed by atoms with van der Waals surface area (Å²) in [5, 5.41) is 0. The van der Waals surface area contributed by atoms with Crippen LogP contribution in [0.15, 0.2) is 42.5 Å². The molecule has 0 saturated heterocycles. The SMILES string of the molecule is CO[C@@](C(=O)OC[C@H]1C=C[C@@H](COC(C)=O)[C@@H]1OC(C)=O)(c1ccccc1)C(F)(F)F. The second kappa shape index (κ2) is 9.95. The first kappa shape index (κ1) is 24.4. The molecular weight excluding hydrogens is 421 g/mol. The van der Waals surface area contributed by atoms with Gasteiger partial charge in [-0.05, 0) is 0 Å². The van der Waals surface area contributed by atoms with Crippen molar-refractivity contribution in [1.82, 2.24) is 0 Å². The molecule has 1 aliphatic rings. The third kappa shape index (κ3) is 5.43. The third-order valence-electron chi connectivity index (χ3n) is 4.81. The lowest BCUT2D eigenvalue weighted by Crippen LogP contribution is -2.52. The predicted octanol–water partition coefficient (Wildman–Crippen LogP) is 2.93. The molecule has 0 amide bonds. The van der Waals surface area contributed by atoms with E-state index in [2.05, 4.69) is 4.74 Å². The van der Waals surface area contributed by atoms with Gasteiger partial charge in [0.25, 0.3) is 5.60 Å². The molecule has 7 nitrogen and oxygen atoms in total. The maximum absolute atomic E-state index is 13.9. The Morgan fingerprint density at radius 3 is 1.90 bits per heavy atom. The number of alkyl halides is 3. The molecule has 10 heteroatoms. The molecule has 0 bridgehead atoms. The Hall–Kier alpha value is -2.88. The molecule has 0 heterocycles. The van der Waals surface area contributed by atoms with Crippen LogP contribution in [0.3, 0.4) is 0 Å². The minimum Gasteiger partial charge on any atom is -0.465 e. The van der Waals surface area contributed by atoms with Crippen LogP contribution in [0.1, 0.15) is 19.4 Å². The Labute approximate surface area is 177 Å². The van der Waals surface area contributed by atoms with Crippen molar-refractivity contribution in [3.05, 3.63) is 48.0 Å². The van der Waals surface area contributed by atoms with E-state index in [0.29, 0.717) is 0 Å². The Bertz CT molecular complexity index is 822. The number of rotatable bonds is 8. The Morgan fingerprint density at radius 2 is 1.45 bits per heavy atom. The number of benzene rings is 1. The molecule has 170 valence electrons. The summed E-state index contributed by atoms with van der Waals surface area (Å²) in [6.45, 7) is 1.78. The summed E-state index contributed by atoms with van der Waals surface area (Å²) in [6.07, 6.45) is -2.83. The quantitative estimate of drug-likeness (QED) is 0.346. The lowest BCUT2D eigenvalue weighted by molar-refractivity contribution is -0.276. The highest BCUT2D eigenvalue weighted by atomic mass is 19.4. The fourth-order valence-electron chi connectivity index (χ4n) is 3.36. The lowest BCUT2D eigenvalue weighted by atomic mass is 9.92. The zero-order chi connectivity index (χ0) is 23.2. The highest BCUT2D eigenvalue weighted by Gasteiger charge is 2.64. The second-order valence-electron chi connectivity index (χ2n) is 6.94. The summed E-state index contributed by atoms with van der Waals surface area (Å²) in [7, 11) is 0.772. The summed E-state index contributed by atoms with van der Waals surface area (Å²) in [5.41, 5.74) is -3.74. The molecule has 0 aliphatic heterocycles. The van der Waals surface area contributed by atoms with Gasteiger partial charge in [-0.2, -0.15) is 13.2 Å². The molecule has 0 aromatic heterocycles.